The van der Waals surface area contributed by atoms with Gasteiger partial charge in [0.05, 0.1) is 12.6 Å². The zero-order valence-corrected chi connectivity index (χ0v) is 9.41. The van der Waals surface area contributed by atoms with E-state index >= 15 is 0 Å². The lowest BCUT2D eigenvalue weighted by molar-refractivity contribution is -0.275. The van der Waals surface area contributed by atoms with E-state index in [2.05, 4.69) is 10.2 Å². The molecule has 1 heterocycles. The Morgan fingerprint density at radius 2 is 2.06 bits per heavy atom. The van der Waals surface area contributed by atoms with Gasteiger partial charge in [0.1, 0.15) is 12.2 Å². The summed E-state index contributed by atoms with van der Waals surface area (Å²) in [6.07, 6.45) is -3.04. The summed E-state index contributed by atoms with van der Waals surface area (Å²) in [7, 11) is 0. The molecule has 0 unspecified atom stereocenters. The molecule has 0 aliphatic carbocycles. The minimum Gasteiger partial charge on any atom is -0.388 e. The van der Waals surface area contributed by atoms with Gasteiger partial charge in [-0.05, 0) is 6.92 Å². The fourth-order valence-electron chi connectivity index (χ4n) is 1.65. The SMILES string of the molecule is CC(=O)N[C@H]1CO[C@](C)(C(=O)OO)[C@H](O)[C@@H]1O. The summed E-state index contributed by atoms with van der Waals surface area (Å²) in [5.74, 6) is -1.62. The van der Waals surface area contributed by atoms with Gasteiger partial charge in [0.2, 0.25) is 5.91 Å². The van der Waals surface area contributed by atoms with Crippen molar-refractivity contribution in [3.63, 3.8) is 0 Å². The molecule has 98 valence electrons. The molecule has 0 bridgehead atoms. The average molecular weight is 249 g/mol. The van der Waals surface area contributed by atoms with Gasteiger partial charge in [0, 0.05) is 6.92 Å². The van der Waals surface area contributed by atoms with Crippen molar-refractivity contribution in [3.05, 3.63) is 0 Å². The maximum atomic E-state index is 11.2. The maximum absolute atomic E-state index is 11.2. The Morgan fingerprint density at radius 1 is 1.47 bits per heavy atom. The third kappa shape index (κ3) is 2.55. The van der Waals surface area contributed by atoms with E-state index < -0.39 is 35.7 Å². The van der Waals surface area contributed by atoms with Crippen LogP contribution in [0, 0.1) is 0 Å². The number of hydrogen-bond donors (Lipinski definition) is 4. The number of carbonyl (C=O) groups is 2. The summed E-state index contributed by atoms with van der Waals surface area (Å²) in [6, 6.07) is -0.831. The lowest BCUT2D eigenvalue weighted by Crippen LogP contribution is -2.66. The van der Waals surface area contributed by atoms with Crippen molar-refractivity contribution in [2.45, 2.75) is 37.7 Å². The lowest BCUT2D eigenvalue weighted by atomic mass is 9.88. The second-order valence-corrected chi connectivity index (χ2v) is 4.04. The molecule has 8 nitrogen and oxygen atoms in total. The topological polar surface area (TPSA) is 125 Å². The fourth-order valence-corrected chi connectivity index (χ4v) is 1.65. The Bertz CT molecular complexity index is 320. The zero-order valence-electron chi connectivity index (χ0n) is 9.41. The number of carbonyl (C=O) groups excluding carboxylic acids is 2. The predicted octanol–water partition coefficient (Wildman–Crippen LogP) is -1.98. The Balaban J connectivity index is 2.81. The highest BCUT2D eigenvalue weighted by Crippen LogP contribution is 2.27. The molecule has 1 saturated heterocycles. The molecule has 8 heteroatoms. The zero-order chi connectivity index (χ0) is 13.2. The second kappa shape index (κ2) is 4.96. The molecule has 1 aliphatic rings. The third-order valence-electron chi connectivity index (χ3n) is 2.74. The van der Waals surface area contributed by atoms with E-state index in [0.29, 0.717) is 0 Å². The van der Waals surface area contributed by atoms with Crippen molar-refractivity contribution in [1.82, 2.24) is 5.32 Å². The van der Waals surface area contributed by atoms with Gasteiger partial charge in [-0.3, -0.25) is 9.68 Å². The van der Waals surface area contributed by atoms with Gasteiger partial charge < -0.3 is 20.3 Å². The molecular formula is C9H15NO7. The maximum Gasteiger partial charge on any atom is 0.376 e. The van der Waals surface area contributed by atoms with Crippen molar-refractivity contribution in [2.75, 3.05) is 6.61 Å². The molecule has 0 radical (unpaired) electrons. The van der Waals surface area contributed by atoms with Crippen LogP contribution in [-0.4, -0.2) is 57.8 Å². The van der Waals surface area contributed by atoms with E-state index in [0.717, 1.165) is 0 Å². The van der Waals surface area contributed by atoms with Crippen LogP contribution in [0.3, 0.4) is 0 Å². The lowest BCUT2D eigenvalue weighted by Gasteiger charge is -2.42. The number of hydrogen-bond acceptors (Lipinski definition) is 7. The number of amides is 1. The van der Waals surface area contributed by atoms with Gasteiger partial charge in [0.15, 0.2) is 5.60 Å². The van der Waals surface area contributed by atoms with E-state index in [9.17, 15) is 19.8 Å². The monoisotopic (exact) mass is 249 g/mol. The molecule has 0 aromatic carbocycles. The largest absolute Gasteiger partial charge is 0.388 e. The van der Waals surface area contributed by atoms with Gasteiger partial charge in [-0.15, -0.1) is 0 Å². The van der Waals surface area contributed by atoms with E-state index in [1.54, 1.807) is 0 Å². The Labute approximate surface area is 97.1 Å². The highest BCUT2D eigenvalue weighted by Gasteiger charge is 2.53. The molecule has 0 saturated carbocycles. The van der Waals surface area contributed by atoms with Crippen LogP contribution in [0.1, 0.15) is 13.8 Å². The summed E-state index contributed by atoms with van der Waals surface area (Å²) in [5, 5.41) is 30.1. The van der Waals surface area contributed by atoms with Crippen LogP contribution in [0.5, 0.6) is 0 Å². The minimum atomic E-state index is -1.87. The van der Waals surface area contributed by atoms with Gasteiger partial charge in [-0.25, -0.2) is 4.79 Å². The number of rotatable bonds is 2. The van der Waals surface area contributed by atoms with Gasteiger partial charge in [-0.2, -0.15) is 5.26 Å². The van der Waals surface area contributed by atoms with Gasteiger partial charge in [0.25, 0.3) is 0 Å². The molecular weight excluding hydrogens is 234 g/mol. The quantitative estimate of drug-likeness (QED) is 0.330. The first-order valence-corrected chi connectivity index (χ1v) is 4.96. The van der Waals surface area contributed by atoms with E-state index in [1.165, 1.54) is 13.8 Å². The predicted molar refractivity (Wildman–Crippen MR) is 52.7 cm³/mol. The molecule has 0 aromatic heterocycles. The van der Waals surface area contributed by atoms with Crippen molar-refractivity contribution in [1.29, 1.82) is 0 Å². The van der Waals surface area contributed by atoms with Crippen LogP contribution in [0.2, 0.25) is 0 Å². The highest BCUT2D eigenvalue weighted by molar-refractivity contribution is 5.80. The molecule has 4 N–H and O–H groups in total. The van der Waals surface area contributed by atoms with Crippen molar-refractivity contribution in [2.24, 2.45) is 0 Å². The van der Waals surface area contributed by atoms with Gasteiger partial charge in [-0.1, -0.05) is 0 Å². The fraction of sp³-hybridized carbons (Fsp3) is 0.778. The number of ether oxygens (including phenoxy) is 1. The van der Waals surface area contributed by atoms with E-state index in [-0.39, 0.29) is 6.61 Å². The van der Waals surface area contributed by atoms with Crippen LogP contribution < -0.4 is 5.32 Å². The molecule has 0 spiro atoms. The third-order valence-corrected chi connectivity index (χ3v) is 2.74. The molecule has 4 atom stereocenters. The molecule has 1 amide bonds. The molecule has 0 aromatic rings. The van der Waals surface area contributed by atoms with Crippen LogP contribution in [0.15, 0.2) is 0 Å². The summed E-state index contributed by atoms with van der Waals surface area (Å²) in [4.78, 5) is 25.5. The van der Waals surface area contributed by atoms with Crippen molar-refractivity contribution in [3.8, 4) is 0 Å². The Hall–Kier alpha value is -1.22. The number of nitrogens with one attached hydrogen (secondary N) is 1. The summed E-state index contributed by atoms with van der Waals surface area (Å²) in [6.45, 7) is 2.22. The van der Waals surface area contributed by atoms with E-state index in [1.807, 2.05) is 0 Å². The smallest absolute Gasteiger partial charge is 0.376 e. The summed E-state index contributed by atoms with van der Waals surface area (Å²) < 4.78 is 5.06. The first-order chi connectivity index (χ1) is 7.82. The van der Waals surface area contributed by atoms with Crippen LogP contribution in [0.4, 0.5) is 0 Å². The van der Waals surface area contributed by atoms with Crippen molar-refractivity contribution < 1.29 is 34.7 Å². The first-order valence-electron chi connectivity index (χ1n) is 4.96. The standard InChI is InChI=1S/C9H15NO7/c1-4(11)10-5-3-16-9(2,8(14)17-15)7(13)6(5)12/h5-7,12-13,15H,3H2,1-2H3,(H,10,11)/t5-,6+,7+,9-/m0/s1. The number of aliphatic hydroxyl groups is 2. The summed E-state index contributed by atoms with van der Waals surface area (Å²) >= 11 is 0. The summed E-state index contributed by atoms with van der Waals surface area (Å²) in [5.41, 5.74) is -1.87. The van der Waals surface area contributed by atoms with Gasteiger partial charge >= 0.3 is 5.97 Å². The Kier molecular flexibility index (Phi) is 4.04. The second-order valence-electron chi connectivity index (χ2n) is 4.04. The van der Waals surface area contributed by atoms with Crippen LogP contribution in [-0.2, 0) is 19.2 Å². The van der Waals surface area contributed by atoms with E-state index in [4.69, 9.17) is 9.99 Å². The first kappa shape index (κ1) is 13.8. The number of aliphatic hydroxyl groups excluding tert-OH is 2. The van der Waals surface area contributed by atoms with Crippen LogP contribution >= 0.6 is 0 Å². The highest BCUT2D eigenvalue weighted by atomic mass is 17.1. The average Bonchev–Trinajstić information content (AvgIpc) is 2.28. The normalized spacial score (nSPS) is 37.4. The van der Waals surface area contributed by atoms with Crippen LogP contribution in [0.25, 0.3) is 0 Å². The molecule has 17 heavy (non-hydrogen) atoms. The molecule has 1 aliphatic heterocycles. The minimum absolute atomic E-state index is 0.191. The molecule has 1 fully saturated rings. The Morgan fingerprint density at radius 3 is 2.53 bits per heavy atom. The molecule has 1 rings (SSSR count). The van der Waals surface area contributed by atoms with Crippen molar-refractivity contribution >= 4 is 11.9 Å².